The summed E-state index contributed by atoms with van der Waals surface area (Å²) >= 11 is 1.71. The van der Waals surface area contributed by atoms with Crippen LogP contribution in [-0.4, -0.2) is 4.79 Å². The lowest BCUT2D eigenvalue weighted by molar-refractivity contribution is 0.590. The maximum absolute atomic E-state index is 10.1. The minimum absolute atomic E-state index is 0.389. The van der Waals surface area contributed by atoms with Crippen LogP contribution in [0.3, 0.4) is 0 Å². The molecule has 15 heavy (non-hydrogen) atoms. The van der Waals surface area contributed by atoms with Crippen LogP contribution in [0.1, 0.15) is 0 Å². The van der Waals surface area contributed by atoms with Gasteiger partial charge in [-0.2, -0.15) is 0 Å². The number of hydrogen-bond donors (Lipinski definition) is 0. The molecule has 0 bridgehead atoms. The quantitative estimate of drug-likeness (QED) is 0.404. The molecule has 0 unspecified atom stereocenters. The van der Waals surface area contributed by atoms with Gasteiger partial charge in [-0.05, 0) is 24.3 Å². The van der Waals surface area contributed by atoms with E-state index in [1.165, 1.54) is 0 Å². The zero-order valence-corrected chi connectivity index (χ0v) is 8.79. The Hall–Kier alpha value is -1.67. The average molecular weight is 213 g/mol. The van der Waals surface area contributed by atoms with Crippen molar-refractivity contribution in [3.63, 3.8) is 0 Å². The van der Waals surface area contributed by atoms with Crippen molar-refractivity contribution in [2.24, 2.45) is 0 Å². The van der Waals surface area contributed by atoms with Gasteiger partial charge < -0.3 is 0 Å². The molecule has 72 valence electrons. The smallest absolute Gasteiger partial charge is 0.273 e. The molecule has 2 heteroatoms. The number of hydrogen-bond acceptors (Lipinski definition) is 1. The van der Waals surface area contributed by atoms with E-state index in [0.29, 0.717) is 5.43 Å². The second-order valence-corrected chi connectivity index (χ2v) is 4.53. The Bertz CT molecular complexity index is 640. The maximum Gasteiger partial charge on any atom is 0.357 e. The lowest BCUT2D eigenvalue weighted by atomic mass is 10.2. The number of benzene rings is 2. The Morgan fingerprint density at radius 1 is 0.733 bits per heavy atom. The van der Waals surface area contributed by atoms with Crippen LogP contribution in [0, 0.1) is 0 Å². The van der Waals surface area contributed by atoms with E-state index in [1.807, 2.05) is 48.5 Å². The van der Waals surface area contributed by atoms with Gasteiger partial charge in [0, 0.05) is 9.40 Å². The van der Waals surface area contributed by atoms with Gasteiger partial charge in [0.15, 0.2) is 0 Å². The highest BCUT2D eigenvalue weighted by atomic mass is 32.1. The Balaban J connectivity index is 2.66. The highest BCUT2D eigenvalue weighted by Gasteiger charge is 2.08. The molecule has 0 aliphatic heterocycles. The molecule has 0 aliphatic carbocycles. The first-order valence-electron chi connectivity index (χ1n) is 4.79. The first-order chi connectivity index (χ1) is 7.36. The van der Waals surface area contributed by atoms with E-state index in [0.717, 1.165) is 20.2 Å². The van der Waals surface area contributed by atoms with Crippen molar-refractivity contribution < 1.29 is 4.79 Å². The van der Waals surface area contributed by atoms with E-state index < -0.39 is 0 Å². The van der Waals surface area contributed by atoms with Crippen molar-refractivity contribution in [1.82, 2.24) is 0 Å². The largest absolute Gasteiger partial charge is 0.357 e. The second-order valence-electron chi connectivity index (χ2n) is 3.44. The van der Waals surface area contributed by atoms with Gasteiger partial charge in [0.1, 0.15) is 0 Å². The highest BCUT2D eigenvalue weighted by Crippen LogP contribution is 2.23. The first kappa shape index (κ1) is 8.62. The summed E-state index contributed by atoms with van der Waals surface area (Å²) in [6.07, 6.45) is 0. The molecule has 0 spiro atoms. The summed E-state index contributed by atoms with van der Waals surface area (Å²) in [7, 11) is 0. The summed E-state index contributed by atoms with van der Waals surface area (Å²) in [6, 6.07) is 15.9. The van der Waals surface area contributed by atoms with Crippen molar-refractivity contribution in [2.45, 2.75) is 0 Å². The Labute approximate surface area is 90.6 Å². The standard InChI is InChI=1S/C13H8OS/c14-13-9-5-1-3-7-11(9)15-12-8-4-2-6-10(12)13/h1-8H/p+1. The maximum atomic E-state index is 10.1. The zero-order valence-electron chi connectivity index (χ0n) is 7.97. The molecule has 0 aliphatic rings. The van der Waals surface area contributed by atoms with Crippen LogP contribution in [-0.2, 0) is 0 Å². The van der Waals surface area contributed by atoms with Crippen LogP contribution < -0.4 is 5.43 Å². The van der Waals surface area contributed by atoms with Crippen LogP contribution in [0.2, 0.25) is 0 Å². The van der Waals surface area contributed by atoms with E-state index in [9.17, 15) is 4.79 Å². The SMILES string of the molecule is [OH+]=c1c2ccccc2sc2ccccc12. The molecule has 0 saturated heterocycles. The Morgan fingerprint density at radius 2 is 1.20 bits per heavy atom. The minimum Gasteiger partial charge on any atom is -0.273 e. The van der Waals surface area contributed by atoms with Gasteiger partial charge in [0.25, 0.3) is 0 Å². The Morgan fingerprint density at radius 3 is 1.73 bits per heavy atom. The van der Waals surface area contributed by atoms with Crippen LogP contribution >= 0.6 is 11.3 Å². The first-order valence-corrected chi connectivity index (χ1v) is 5.60. The third-order valence-corrected chi connectivity index (χ3v) is 3.66. The van der Waals surface area contributed by atoms with Crippen molar-refractivity contribution in [3.05, 3.63) is 54.0 Å². The summed E-state index contributed by atoms with van der Waals surface area (Å²) in [5.74, 6) is 0. The number of fused-ring (bicyclic) bond motifs is 2. The molecule has 0 atom stereocenters. The monoisotopic (exact) mass is 213 g/mol. The molecule has 0 amide bonds. The molecule has 3 rings (SSSR count). The van der Waals surface area contributed by atoms with Crippen LogP contribution in [0.5, 0.6) is 0 Å². The van der Waals surface area contributed by atoms with Gasteiger partial charge in [-0.3, -0.25) is 4.79 Å². The normalized spacial score (nSPS) is 10.9. The molecular formula is C13H9OS+. The summed E-state index contributed by atoms with van der Waals surface area (Å²) in [6.45, 7) is 0. The van der Waals surface area contributed by atoms with Crippen molar-refractivity contribution in [2.75, 3.05) is 0 Å². The molecule has 3 aromatic rings. The summed E-state index contributed by atoms with van der Waals surface area (Å²) < 4.78 is 2.24. The topological polar surface area (TPSA) is 21.4 Å². The van der Waals surface area contributed by atoms with E-state index >= 15 is 0 Å². The molecule has 1 heterocycles. The van der Waals surface area contributed by atoms with Crippen molar-refractivity contribution >= 4 is 31.5 Å². The van der Waals surface area contributed by atoms with E-state index in [2.05, 4.69) is 0 Å². The predicted molar refractivity (Wildman–Crippen MR) is 64.4 cm³/mol. The number of rotatable bonds is 0. The highest BCUT2D eigenvalue weighted by molar-refractivity contribution is 7.24. The van der Waals surface area contributed by atoms with Crippen LogP contribution in [0.4, 0.5) is 0 Å². The molecular weight excluding hydrogens is 204 g/mol. The Kier molecular flexibility index (Phi) is 1.82. The molecule has 1 nitrogen and oxygen atoms in total. The van der Waals surface area contributed by atoms with Crippen molar-refractivity contribution in [1.29, 1.82) is 0 Å². The van der Waals surface area contributed by atoms with Gasteiger partial charge in [0.2, 0.25) is 0 Å². The van der Waals surface area contributed by atoms with E-state index in [4.69, 9.17) is 0 Å². The van der Waals surface area contributed by atoms with Gasteiger partial charge in [-0.15, -0.1) is 11.3 Å². The molecule has 0 fully saturated rings. The molecule has 1 aromatic heterocycles. The van der Waals surface area contributed by atoms with Crippen LogP contribution in [0.25, 0.3) is 20.2 Å². The summed E-state index contributed by atoms with van der Waals surface area (Å²) in [5, 5.41) is 1.86. The van der Waals surface area contributed by atoms with Gasteiger partial charge in [-0.1, -0.05) is 24.3 Å². The zero-order chi connectivity index (χ0) is 10.3. The fraction of sp³-hybridized carbons (Fsp3) is 0. The second kappa shape index (κ2) is 3.17. The van der Waals surface area contributed by atoms with Gasteiger partial charge in [-0.25, -0.2) is 0 Å². The lowest BCUT2D eigenvalue weighted by Gasteiger charge is -1.96. The minimum atomic E-state index is 0.389. The lowest BCUT2D eigenvalue weighted by Crippen LogP contribution is -2.02. The van der Waals surface area contributed by atoms with E-state index in [1.54, 1.807) is 11.3 Å². The fourth-order valence-corrected chi connectivity index (χ4v) is 2.85. The molecule has 2 aromatic carbocycles. The third-order valence-electron chi connectivity index (χ3n) is 2.50. The average Bonchev–Trinajstić information content (AvgIpc) is 2.30. The third kappa shape index (κ3) is 1.26. The molecule has 0 radical (unpaired) electrons. The van der Waals surface area contributed by atoms with Crippen molar-refractivity contribution in [3.8, 4) is 0 Å². The van der Waals surface area contributed by atoms with E-state index in [-0.39, 0.29) is 0 Å². The van der Waals surface area contributed by atoms with Crippen LogP contribution in [0.15, 0.2) is 48.5 Å². The fourth-order valence-electron chi connectivity index (χ4n) is 1.77. The molecule has 1 N–H and O–H groups in total. The summed E-state index contributed by atoms with van der Waals surface area (Å²) in [5.41, 5.74) is 0.389. The van der Waals surface area contributed by atoms with Gasteiger partial charge in [0.05, 0.1) is 10.8 Å². The molecule has 0 saturated carbocycles. The predicted octanol–water partition coefficient (Wildman–Crippen LogP) is 3.06. The van der Waals surface area contributed by atoms with Gasteiger partial charge >= 0.3 is 5.43 Å². The summed E-state index contributed by atoms with van der Waals surface area (Å²) in [4.78, 5) is 10.1.